The van der Waals surface area contributed by atoms with Crippen LogP contribution in [0.25, 0.3) is 0 Å². The van der Waals surface area contributed by atoms with Gasteiger partial charge < -0.3 is 36.4 Å². The Bertz CT molecular complexity index is 2410. The van der Waals surface area contributed by atoms with E-state index in [1.165, 1.54) is 6.07 Å². The first-order valence-corrected chi connectivity index (χ1v) is 24.0. The number of nitrogens with one attached hydrogen (secondary N) is 4. The number of aliphatic hydroxyl groups is 2. The first kappa shape index (κ1) is 51.3. The molecule has 2 heterocycles. The molecule has 6 N–H and O–H groups in total. The van der Waals surface area contributed by atoms with Crippen molar-refractivity contribution in [1.82, 2.24) is 31.1 Å². The average Bonchev–Trinajstić information content (AvgIpc) is 3.30. The van der Waals surface area contributed by atoms with Gasteiger partial charge in [0, 0.05) is 74.2 Å². The fraction of sp³-hybridized carbons (Fsp3) is 0.462. The number of carbonyl (C=O) groups excluding carboxylic acids is 4. The number of likely N-dealkylation sites (tertiary alicyclic amines) is 2. The normalized spacial score (nSPS) is 23.3. The topological polar surface area (TPSA) is 167 Å². The van der Waals surface area contributed by atoms with Gasteiger partial charge in [0.15, 0.2) is 0 Å². The molecule has 0 aromatic heterocycles. The van der Waals surface area contributed by atoms with E-state index in [9.17, 15) is 42.6 Å². The molecule has 17 heteroatoms. The summed E-state index contributed by atoms with van der Waals surface area (Å²) >= 11 is 5.97. The summed E-state index contributed by atoms with van der Waals surface area (Å²) in [5.41, 5.74) is 1.86. The van der Waals surface area contributed by atoms with Gasteiger partial charge in [-0.2, -0.15) is 13.2 Å². The predicted octanol–water partition coefficient (Wildman–Crippen LogP) is 6.14. The zero-order valence-electron chi connectivity index (χ0n) is 39.3. The number of aryl methyl sites for hydroxylation is 1. The fourth-order valence-electron chi connectivity index (χ4n) is 9.81. The molecule has 2 aliphatic carbocycles. The van der Waals surface area contributed by atoms with Crippen LogP contribution in [0, 0.1) is 6.92 Å². The fourth-order valence-corrected chi connectivity index (χ4v) is 9.93. The van der Waals surface area contributed by atoms with E-state index < -0.39 is 28.8 Å². The maximum Gasteiger partial charge on any atom is 0.416 e. The van der Waals surface area contributed by atoms with Crippen molar-refractivity contribution in [1.29, 1.82) is 0 Å². The summed E-state index contributed by atoms with van der Waals surface area (Å²) < 4.78 is 38.5. The summed E-state index contributed by atoms with van der Waals surface area (Å²) in [5.74, 6) is -1.53. The number of hydrogen-bond acceptors (Lipinski definition) is 9. The van der Waals surface area contributed by atoms with Crippen LogP contribution in [0.4, 0.5) is 18.9 Å². The molecule has 2 saturated heterocycles. The van der Waals surface area contributed by atoms with E-state index in [4.69, 9.17) is 11.6 Å². The molecular weight excluding hydrogens is 911 g/mol. The SMILES string of the molecule is CN(C)c1ccc(C2(O)CCC(N3CC(NC(=O)CNC(=O)c4cccc(C(F)(F)F)c4)C3)CC2)cc1.Cc1cccc(C(=O)NCC(=O)NC2CN(C3CCC(O)(c4ccc(Cl)cc4)CC3)C2)c1. The molecule has 0 atom stereocenters. The summed E-state index contributed by atoms with van der Waals surface area (Å²) in [4.78, 5) is 55.5. The number of carbonyl (C=O) groups is 4. The van der Waals surface area contributed by atoms with Crippen LogP contribution in [0.2, 0.25) is 5.02 Å². The van der Waals surface area contributed by atoms with Crippen LogP contribution in [-0.4, -0.2) is 121 Å². The molecule has 2 saturated carbocycles. The number of halogens is 4. The highest BCUT2D eigenvalue weighted by atomic mass is 35.5. The van der Waals surface area contributed by atoms with Crippen molar-refractivity contribution >= 4 is 40.9 Å². The average molecular weight is 975 g/mol. The number of rotatable bonds is 13. The quantitative estimate of drug-likeness (QED) is 0.0924. The molecular formula is C52H63ClF3N7O6. The third kappa shape index (κ3) is 13.4. The lowest BCUT2D eigenvalue weighted by Gasteiger charge is -2.48. The monoisotopic (exact) mass is 973 g/mol. The van der Waals surface area contributed by atoms with E-state index in [0.717, 1.165) is 92.2 Å². The minimum atomic E-state index is -4.54. The second-order valence-corrected chi connectivity index (χ2v) is 19.7. The van der Waals surface area contributed by atoms with Crippen LogP contribution in [0.1, 0.15) is 94.3 Å². The molecule has 2 aliphatic heterocycles. The van der Waals surface area contributed by atoms with E-state index in [2.05, 4.69) is 31.1 Å². The molecule has 4 aliphatic rings. The van der Waals surface area contributed by atoms with Crippen LogP contribution >= 0.6 is 11.6 Å². The van der Waals surface area contributed by atoms with Gasteiger partial charge in [0.1, 0.15) is 0 Å². The number of nitrogens with zero attached hydrogens (tertiary/aromatic N) is 3. The molecule has 0 unspecified atom stereocenters. The minimum Gasteiger partial charge on any atom is -0.385 e. The molecule has 4 fully saturated rings. The van der Waals surface area contributed by atoms with E-state index in [0.29, 0.717) is 48.6 Å². The summed E-state index contributed by atoms with van der Waals surface area (Å²) in [6.45, 7) is 4.58. The van der Waals surface area contributed by atoms with E-state index in [-0.39, 0.29) is 48.5 Å². The molecule has 4 amide bonds. The maximum atomic E-state index is 12.8. The van der Waals surface area contributed by atoms with Gasteiger partial charge in [-0.05, 0) is 124 Å². The lowest BCUT2D eigenvalue weighted by molar-refractivity contribution is -0.137. The molecule has 4 aromatic carbocycles. The van der Waals surface area contributed by atoms with Crippen molar-refractivity contribution < 1.29 is 42.6 Å². The molecule has 0 radical (unpaired) electrons. The Morgan fingerprint density at radius 3 is 1.49 bits per heavy atom. The highest BCUT2D eigenvalue weighted by molar-refractivity contribution is 6.30. The van der Waals surface area contributed by atoms with Gasteiger partial charge in [-0.1, -0.05) is 59.6 Å². The molecule has 4 aromatic rings. The minimum absolute atomic E-state index is 0.0270. The number of hydrogen-bond donors (Lipinski definition) is 6. The van der Waals surface area contributed by atoms with Gasteiger partial charge in [-0.25, -0.2) is 0 Å². The molecule has 13 nitrogen and oxygen atoms in total. The first-order valence-electron chi connectivity index (χ1n) is 23.6. The van der Waals surface area contributed by atoms with Gasteiger partial charge in [0.25, 0.3) is 11.8 Å². The van der Waals surface area contributed by atoms with Gasteiger partial charge in [0.05, 0.1) is 41.9 Å². The highest BCUT2D eigenvalue weighted by Crippen LogP contribution is 2.41. The third-order valence-electron chi connectivity index (χ3n) is 14.0. The first-order chi connectivity index (χ1) is 32.8. The Morgan fingerprint density at radius 2 is 1.07 bits per heavy atom. The highest BCUT2D eigenvalue weighted by Gasteiger charge is 2.42. The second-order valence-electron chi connectivity index (χ2n) is 19.2. The maximum absolute atomic E-state index is 12.8. The summed E-state index contributed by atoms with van der Waals surface area (Å²) in [6.07, 6.45) is 1.81. The van der Waals surface area contributed by atoms with Crippen LogP contribution < -0.4 is 26.2 Å². The second kappa shape index (κ2) is 22.1. The zero-order valence-corrected chi connectivity index (χ0v) is 40.1. The molecule has 8 rings (SSSR count). The number of amides is 4. The lowest BCUT2D eigenvalue weighted by atomic mass is 9.76. The van der Waals surface area contributed by atoms with E-state index in [1.54, 1.807) is 12.1 Å². The van der Waals surface area contributed by atoms with Gasteiger partial charge >= 0.3 is 6.18 Å². The van der Waals surface area contributed by atoms with E-state index >= 15 is 0 Å². The Morgan fingerprint density at radius 1 is 0.652 bits per heavy atom. The van der Waals surface area contributed by atoms with E-state index in [1.807, 2.05) is 86.6 Å². The van der Waals surface area contributed by atoms with Crippen molar-refractivity contribution in [3.05, 3.63) is 135 Å². The van der Waals surface area contributed by atoms with Crippen LogP contribution in [0.5, 0.6) is 0 Å². The van der Waals surface area contributed by atoms with Crippen LogP contribution in [0.15, 0.2) is 97.1 Å². The predicted molar refractivity (Wildman–Crippen MR) is 259 cm³/mol. The Labute approximate surface area is 406 Å². The van der Waals surface area contributed by atoms with Crippen molar-refractivity contribution in [3.63, 3.8) is 0 Å². The zero-order chi connectivity index (χ0) is 49.5. The Balaban J connectivity index is 0.000000206. The van der Waals surface area contributed by atoms with Crippen molar-refractivity contribution in [2.75, 3.05) is 58.3 Å². The number of alkyl halides is 3. The number of benzene rings is 4. The summed E-state index contributed by atoms with van der Waals surface area (Å²) in [7, 11) is 3.96. The molecule has 370 valence electrons. The van der Waals surface area contributed by atoms with Crippen molar-refractivity contribution in [3.8, 4) is 0 Å². The largest absolute Gasteiger partial charge is 0.416 e. The summed E-state index contributed by atoms with van der Waals surface area (Å²) in [5, 5.41) is 33.8. The lowest BCUT2D eigenvalue weighted by Crippen LogP contribution is -2.63. The van der Waals surface area contributed by atoms with Crippen LogP contribution in [-0.2, 0) is 27.0 Å². The van der Waals surface area contributed by atoms with Gasteiger partial charge in [0.2, 0.25) is 11.8 Å². The third-order valence-corrected chi connectivity index (χ3v) is 14.3. The summed E-state index contributed by atoms with van der Waals surface area (Å²) in [6, 6.07) is 27.7. The number of anilines is 1. The van der Waals surface area contributed by atoms with Gasteiger partial charge in [-0.3, -0.25) is 29.0 Å². The Kier molecular flexibility index (Phi) is 16.4. The van der Waals surface area contributed by atoms with Crippen molar-refractivity contribution in [2.45, 2.75) is 99.8 Å². The van der Waals surface area contributed by atoms with Gasteiger partial charge in [-0.15, -0.1) is 0 Å². The molecule has 0 bridgehead atoms. The Hall–Kier alpha value is -5.52. The molecule has 0 spiro atoms. The van der Waals surface area contributed by atoms with Crippen molar-refractivity contribution in [2.24, 2.45) is 0 Å². The van der Waals surface area contributed by atoms with Crippen LogP contribution in [0.3, 0.4) is 0 Å². The standard InChI is InChI=1S/C27H33F3N4O3.C25H30ClN3O3/c1-33(2)22-8-6-19(7-9-22)26(37)12-10-23(11-13-26)34-16-21(17-34)32-24(35)15-31-25(36)18-4-3-5-20(14-18)27(28,29)30;1-17-3-2-4-18(13-17)24(31)27-14-23(30)28-21-15-29(16-21)22-9-11-25(32,12-10-22)19-5-7-20(26)8-6-19/h3-9,14,21,23,37H,10-13,15-17H2,1-2H3,(H,31,36)(H,32,35);2-8,13,21-22,32H,9-12,14-16H2,1H3,(H,27,31)(H,28,30). The smallest absolute Gasteiger partial charge is 0.385 e. The molecule has 69 heavy (non-hydrogen) atoms.